The van der Waals surface area contributed by atoms with Gasteiger partial charge >= 0.3 is 6.18 Å². The maximum absolute atomic E-state index is 13.2. The van der Waals surface area contributed by atoms with Crippen molar-refractivity contribution in [3.63, 3.8) is 0 Å². The summed E-state index contributed by atoms with van der Waals surface area (Å²) in [6.45, 7) is 0.643. The van der Waals surface area contributed by atoms with Crippen LogP contribution < -0.4 is 5.32 Å². The van der Waals surface area contributed by atoms with E-state index in [1.165, 1.54) is 16.4 Å². The Morgan fingerprint density at radius 1 is 1.00 bits per heavy atom. The molecule has 0 saturated carbocycles. The lowest BCUT2D eigenvalue weighted by Crippen LogP contribution is -2.35. The van der Waals surface area contributed by atoms with Gasteiger partial charge in [0.05, 0.1) is 10.5 Å². The molecular weight excluding hydrogens is 448 g/mol. The van der Waals surface area contributed by atoms with Crippen LogP contribution in [0, 0.1) is 5.82 Å². The Hall–Kier alpha value is -2.46. The predicted molar refractivity (Wildman–Crippen MR) is 111 cm³/mol. The van der Waals surface area contributed by atoms with Gasteiger partial charge in [-0.05, 0) is 54.7 Å². The van der Waals surface area contributed by atoms with E-state index in [0.717, 1.165) is 37.0 Å². The van der Waals surface area contributed by atoms with Crippen LogP contribution in [0.5, 0.6) is 0 Å². The van der Waals surface area contributed by atoms with Crippen LogP contribution in [-0.2, 0) is 34.0 Å². The number of hydrogen-bond acceptors (Lipinski definition) is 3. The molecule has 1 saturated heterocycles. The molecule has 0 radical (unpaired) electrons. The molecule has 32 heavy (non-hydrogen) atoms. The lowest BCUT2D eigenvalue weighted by Gasteiger charge is -2.25. The lowest BCUT2D eigenvalue weighted by molar-refractivity contribution is -0.138. The number of rotatable bonds is 7. The summed E-state index contributed by atoms with van der Waals surface area (Å²) in [6, 6.07) is 8.59. The Bertz CT molecular complexity index is 1050. The monoisotopic (exact) mass is 472 g/mol. The van der Waals surface area contributed by atoms with Gasteiger partial charge in [-0.25, -0.2) is 12.8 Å². The van der Waals surface area contributed by atoms with Crippen LogP contribution in [0.25, 0.3) is 0 Å². The van der Waals surface area contributed by atoms with Gasteiger partial charge < -0.3 is 5.32 Å². The molecule has 0 spiro atoms. The molecule has 0 atom stereocenters. The van der Waals surface area contributed by atoms with Crippen LogP contribution in [0.4, 0.5) is 17.6 Å². The van der Waals surface area contributed by atoms with Crippen molar-refractivity contribution >= 4 is 15.9 Å². The maximum atomic E-state index is 13.2. The van der Waals surface area contributed by atoms with Crippen LogP contribution in [0.2, 0.25) is 0 Å². The average Bonchev–Trinajstić information content (AvgIpc) is 2.77. The minimum absolute atomic E-state index is 0.0147. The standard InChI is InChI=1S/C22H24F4N2O3S/c23-18-8-7-17(20(14-18)22(24,25)26)15-27-21(29)11-6-16-4-9-19(10-5-16)32(30,31)28-12-2-1-3-13-28/h4-5,7-10,14H,1-3,6,11-13,15H2,(H,27,29). The SMILES string of the molecule is O=C(CCc1ccc(S(=O)(=O)N2CCCCC2)cc1)NCc1ccc(F)cc1C(F)(F)F. The number of alkyl halides is 3. The van der Waals surface area contributed by atoms with E-state index < -0.39 is 33.5 Å². The van der Waals surface area contributed by atoms with Gasteiger partial charge in [-0.15, -0.1) is 0 Å². The number of halogens is 4. The lowest BCUT2D eigenvalue weighted by atomic mass is 10.1. The second-order valence-corrected chi connectivity index (χ2v) is 9.62. The summed E-state index contributed by atoms with van der Waals surface area (Å²) in [5.41, 5.74) is -0.613. The number of carbonyl (C=O) groups excluding carboxylic acids is 1. The van der Waals surface area contributed by atoms with Crippen LogP contribution in [0.1, 0.15) is 42.4 Å². The van der Waals surface area contributed by atoms with Gasteiger partial charge in [0.1, 0.15) is 5.82 Å². The first-order valence-corrected chi connectivity index (χ1v) is 11.7. The number of amides is 1. The number of piperidine rings is 1. The molecule has 174 valence electrons. The zero-order chi connectivity index (χ0) is 23.4. The Balaban J connectivity index is 1.55. The van der Waals surface area contributed by atoms with Crippen molar-refractivity contribution in [2.24, 2.45) is 0 Å². The number of nitrogens with one attached hydrogen (secondary N) is 1. The minimum Gasteiger partial charge on any atom is -0.352 e. The molecule has 1 N–H and O–H groups in total. The Morgan fingerprint density at radius 3 is 2.28 bits per heavy atom. The van der Waals surface area contributed by atoms with Crippen LogP contribution in [0.3, 0.4) is 0 Å². The minimum atomic E-state index is -4.72. The highest BCUT2D eigenvalue weighted by Crippen LogP contribution is 2.32. The van der Waals surface area contributed by atoms with E-state index in [-0.39, 0.29) is 23.4 Å². The Morgan fingerprint density at radius 2 is 1.66 bits per heavy atom. The van der Waals surface area contributed by atoms with E-state index in [2.05, 4.69) is 5.32 Å². The van der Waals surface area contributed by atoms with Gasteiger partial charge in [0, 0.05) is 26.1 Å². The normalized spacial score (nSPS) is 15.5. The number of benzene rings is 2. The zero-order valence-electron chi connectivity index (χ0n) is 17.3. The van der Waals surface area contributed by atoms with E-state index in [0.29, 0.717) is 25.6 Å². The summed E-state index contributed by atoms with van der Waals surface area (Å²) in [4.78, 5) is 12.3. The molecule has 2 aromatic rings. The third kappa shape index (κ3) is 6.07. The summed E-state index contributed by atoms with van der Waals surface area (Å²) in [7, 11) is -3.53. The molecular formula is C22H24F4N2O3S. The first-order chi connectivity index (χ1) is 15.1. The Kier molecular flexibility index (Phi) is 7.55. The molecule has 1 heterocycles. The molecule has 3 rings (SSSR count). The van der Waals surface area contributed by atoms with Crippen molar-refractivity contribution in [2.45, 2.75) is 49.7 Å². The third-order valence-corrected chi connectivity index (χ3v) is 7.28. The van der Waals surface area contributed by atoms with Gasteiger partial charge in [-0.2, -0.15) is 17.5 Å². The first kappa shape index (κ1) is 24.2. The van der Waals surface area contributed by atoms with Crippen molar-refractivity contribution in [2.75, 3.05) is 13.1 Å². The summed E-state index contributed by atoms with van der Waals surface area (Å²) in [6.07, 6.45) is -1.71. The molecule has 1 aliphatic heterocycles. The zero-order valence-corrected chi connectivity index (χ0v) is 18.1. The third-order valence-electron chi connectivity index (χ3n) is 5.37. The fourth-order valence-corrected chi connectivity index (χ4v) is 5.11. The predicted octanol–water partition coefficient (Wildman–Crippen LogP) is 4.27. The summed E-state index contributed by atoms with van der Waals surface area (Å²) in [5.74, 6) is -1.47. The summed E-state index contributed by atoms with van der Waals surface area (Å²) >= 11 is 0. The van der Waals surface area contributed by atoms with E-state index >= 15 is 0 Å². The molecule has 5 nitrogen and oxygen atoms in total. The highest BCUT2D eigenvalue weighted by Gasteiger charge is 2.33. The van der Waals surface area contributed by atoms with E-state index in [1.807, 2.05) is 0 Å². The van der Waals surface area contributed by atoms with Crippen molar-refractivity contribution in [1.82, 2.24) is 9.62 Å². The van der Waals surface area contributed by atoms with Gasteiger partial charge in [-0.3, -0.25) is 4.79 Å². The number of hydrogen-bond donors (Lipinski definition) is 1. The van der Waals surface area contributed by atoms with E-state index in [1.54, 1.807) is 12.1 Å². The van der Waals surface area contributed by atoms with Crippen LogP contribution in [-0.4, -0.2) is 31.7 Å². The fourth-order valence-electron chi connectivity index (χ4n) is 3.59. The van der Waals surface area contributed by atoms with Crippen LogP contribution >= 0.6 is 0 Å². The van der Waals surface area contributed by atoms with Crippen molar-refractivity contribution in [3.05, 3.63) is 65.0 Å². The number of sulfonamides is 1. The molecule has 0 unspecified atom stereocenters. The van der Waals surface area contributed by atoms with Crippen molar-refractivity contribution < 1.29 is 30.8 Å². The second kappa shape index (κ2) is 9.99. The fraction of sp³-hybridized carbons (Fsp3) is 0.409. The number of aryl methyl sites for hydroxylation is 1. The largest absolute Gasteiger partial charge is 0.416 e. The number of carbonyl (C=O) groups is 1. The quantitative estimate of drug-likeness (QED) is 0.612. The van der Waals surface area contributed by atoms with Crippen LogP contribution in [0.15, 0.2) is 47.4 Å². The number of nitrogens with zero attached hydrogens (tertiary/aromatic N) is 1. The summed E-state index contributed by atoms with van der Waals surface area (Å²) in [5, 5.41) is 2.42. The smallest absolute Gasteiger partial charge is 0.352 e. The molecule has 0 aromatic heterocycles. The molecule has 2 aromatic carbocycles. The van der Waals surface area contributed by atoms with Gasteiger partial charge in [0.25, 0.3) is 0 Å². The molecule has 10 heteroatoms. The van der Waals surface area contributed by atoms with Gasteiger partial charge in [0.15, 0.2) is 0 Å². The molecule has 1 aliphatic rings. The molecule has 0 aliphatic carbocycles. The van der Waals surface area contributed by atoms with E-state index in [4.69, 9.17) is 0 Å². The van der Waals surface area contributed by atoms with E-state index in [9.17, 15) is 30.8 Å². The second-order valence-electron chi connectivity index (χ2n) is 7.68. The maximum Gasteiger partial charge on any atom is 0.416 e. The first-order valence-electron chi connectivity index (χ1n) is 10.3. The highest BCUT2D eigenvalue weighted by atomic mass is 32.2. The average molecular weight is 473 g/mol. The topological polar surface area (TPSA) is 66.5 Å². The Labute approximate surface area is 184 Å². The molecule has 1 fully saturated rings. The van der Waals surface area contributed by atoms with Crippen molar-refractivity contribution in [1.29, 1.82) is 0 Å². The highest BCUT2D eigenvalue weighted by molar-refractivity contribution is 7.89. The van der Waals surface area contributed by atoms with Gasteiger partial charge in [0.2, 0.25) is 15.9 Å². The van der Waals surface area contributed by atoms with Gasteiger partial charge in [-0.1, -0.05) is 24.6 Å². The van der Waals surface area contributed by atoms with Crippen molar-refractivity contribution in [3.8, 4) is 0 Å². The molecule has 1 amide bonds. The summed E-state index contributed by atoms with van der Waals surface area (Å²) < 4.78 is 79.1. The molecule has 0 bridgehead atoms.